The van der Waals surface area contributed by atoms with Crippen LogP contribution in [0.3, 0.4) is 0 Å². The molecule has 35 heavy (non-hydrogen) atoms. The molecule has 0 bridgehead atoms. The zero-order valence-corrected chi connectivity index (χ0v) is 24.2. The summed E-state index contributed by atoms with van der Waals surface area (Å²) in [5, 5.41) is 0. The molecule has 3 aliphatic rings. The molecule has 2 fully saturated rings. The number of halogens is 2. The van der Waals surface area contributed by atoms with Crippen molar-refractivity contribution < 1.29 is 9.53 Å². The number of hydrogen-bond acceptors (Lipinski definition) is 5. The molecular formula is C27H38Br2N4O2. The van der Waals surface area contributed by atoms with E-state index in [4.69, 9.17) is 10.5 Å². The second kappa shape index (κ2) is 12.1. The Morgan fingerprint density at radius 2 is 1.66 bits per heavy atom. The molecule has 0 radical (unpaired) electrons. The third-order valence-electron chi connectivity index (χ3n) is 7.79. The van der Waals surface area contributed by atoms with E-state index in [1.165, 1.54) is 28.1 Å². The lowest BCUT2D eigenvalue weighted by atomic mass is 9.76. The van der Waals surface area contributed by atoms with Crippen molar-refractivity contribution >= 4 is 51.2 Å². The molecule has 0 aromatic heterocycles. The normalized spacial score (nSPS) is 20.5. The van der Waals surface area contributed by atoms with Crippen LogP contribution in [0.2, 0.25) is 0 Å². The summed E-state index contributed by atoms with van der Waals surface area (Å²) < 4.78 is 5.53. The highest BCUT2D eigenvalue weighted by atomic mass is 79.9. The number of morpholine rings is 1. The number of carbonyl (C=O) groups excluding carboxylic acids is 1. The van der Waals surface area contributed by atoms with Gasteiger partial charge < -0.3 is 25.2 Å². The van der Waals surface area contributed by atoms with Crippen molar-refractivity contribution in [3.05, 3.63) is 58.1 Å². The van der Waals surface area contributed by atoms with Gasteiger partial charge in [0.1, 0.15) is 0 Å². The predicted molar refractivity (Wildman–Crippen MR) is 154 cm³/mol. The van der Waals surface area contributed by atoms with E-state index in [2.05, 4.69) is 46.9 Å². The fraction of sp³-hybridized carbons (Fsp3) is 0.519. The smallest absolute Gasteiger partial charge is 0.248 e. The quantitative estimate of drug-likeness (QED) is 0.565. The van der Waals surface area contributed by atoms with Crippen LogP contribution >= 0.6 is 34.0 Å². The van der Waals surface area contributed by atoms with Crippen molar-refractivity contribution in [3.8, 4) is 0 Å². The molecule has 2 saturated heterocycles. The number of rotatable bonds is 4. The number of benzene rings is 2. The molecule has 0 spiro atoms. The Kier molecular flexibility index (Phi) is 9.66. The number of nitrogens with two attached hydrogens (primary N) is 1. The Morgan fingerprint density at radius 1 is 0.943 bits per heavy atom. The van der Waals surface area contributed by atoms with Crippen LogP contribution in [0.4, 0.5) is 11.4 Å². The zero-order chi connectivity index (χ0) is 22.9. The molecule has 1 unspecified atom stereocenters. The van der Waals surface area contributed by atoms with Crippen molar-refractivity contribution in [2.75, 3.05) is 69.3 Å². The van der Waals surface area contributed by atoms with E-state index in [9.17, 15) is 4.79 Å². The molecule has 1 atom stereocenters. The molecule has 6 nitrogen and oxygen atoms in total. The van der Waals surface area contributed by atoms with Crippen molar-refractivity contribution in [3.63, 3.8) is 0 Å². The number of carbonyl (C=O) groups is 1. The van der Waals surface area contributed by atoms with Crippen LogP contribution in [0.1, 0.15) is 45.0 Å². The number of piperazine rings is 1. The molecule has 1 amide bonds. The first-order valence-electron chi connectivity index (χ1n) is 12.3. The van der Waals surface area contributed by atoms with Crippen LogP contribution in [0.15, 0.2) is 30.3 Å². The topological polar surface area (TPSA) is 62.0 Å². The predicted octanol–water partition coefficient (Wildman–Crippen LogP) is 4.11. The van der Waals surface area contributed by atoms with E-state index < -0.39 is 0 Å². The number of hydrogen-bond donors (Lipinski definition) is 1. The van der Waals surface area contributed by atoms with Crippen LogP contribution in [0, 0.1) is 6.92 Å². The zero-order valence-electron chi connectivity index (χ0n) is 20.8. The fourth-order valence-corrected chi connectivity index (χ4v) is 5.78. The summed E-state index contributed by atoms with van der Waals surface area (Å²) in [5.41, 5.74) is 14.6. The third kappa shape index (κ3) is 5.87. The minimum absolute atomic E-state index is 0. The Hall–Kier alpha value is -1.61. The van der Waals surface area contributed by atoms with Gasteiger partial charge in [0.25, 0.3) is 0 Å². The number of fused-ring (bicyclic) bond motifs is 1. The van der Waals surface area contributed by atoms with E-state index in [-0.39, 0.29) is 39.9 Å². The summed E-state index contributed by atoms with van der Waals surface area (Å²) in [7, 11) is 2.20. The molecule has 2 aromatic rings. The molecule has 2 N–H and O–H groups in total. The Bertz CT molecular complexity index is 1030. The second-order valence-corrected chi connectivity index (χ2v) is 9.82. The van der Waals surface area contributed by atoms with Crippen LogP contribution in [0.25, 0.3) is 0 Å². The van der Waals surface area contributed by atoms with Crippen molar-refractivity contribution in [1.29, 1.82) is 0 Å². The third-order valence-corrected chi connectivity index (χ3v) is 7.79. The van der Waals surface area contributed by atoms with Gasteiger partial charge in [-0.15, -0.1) is 34.0 Å². The molecule has 8 heteroatoms. The fourth-order valence-electron chi connectivity index (χ4n) is 5.78. The molecule has 192 valence electrons. The lowest BCUT2D eigenvalue weighted by molar-refractivity contribution is 0.0998. The molecule has 2 aliphatic heterocycles. The first-order chi connectivity index (χ1) is 16.0. The minimum atomic E-state index is -0.326. The second-order valence-electron chi connectivity index (χ2n) is 9.82. The Labute approximate surface area is 230 Å². The molecule has 0 saturated carbocycles. The number of ether oxygens (including phenoxy) is 1. The molecular weight excluding hydrogens is 572 g/mol. The van der Waals surface area contributed by atoms with Crippen molar-refractivity contribution in [2.45, 2.75) is 32.1 Å². The monoisotopic (exact) mass is 608 g/mol. The average Bonchev–Trinajstić information content (AvgIpc) is 2.85. The number of nitrogens with zero attached hydrogens (tertiary/aromatic N) is 3. The van der Waals surface area contributed by atoms with Gasteiger partial charge in [0.2, 0.25) is 5.91 Å². The first-order valence-corrected chi connectivity index (χ1v) is 12.3. The number of likely N-dealkylation sites (N-methyl/N-ethyl adjacent to an activating group) is 1. The highest BCUT2D eigenvalue weighted by molar-refractivity contribution is 8.93. The van der Waals surface area contributed by atoms with Gasteiger partial charge >= 0.3 is 0 Å². The van der Waals surface area contributed by atoms with Gasteiger partial charge in [-0.3, -0.25) is 4.79 Å². The van der Waals surface area contributed by atoms with E-state index in [0.717, 1.165) is 77.3 Å². The van der Waals surface area contributed by atoms with E-state index in [1.807, 2.05) is 12.1 Å². The van der Waals surface area contributed by atoms with Gasteiger partial charge in [0.15, 0.2) is 0 Å². The van der Waals surface area contributed by atoms with Crippen LogP contribution in [-0.4, -0.2) is 70.3 Å². The summed E-state index contributed by atoms with van der Waals surface area (Å²) in [6, 6.07) is 10.8. The summed E-state index contributed by atoms with van der Waals surface area (Å²) >= 11 is 0. The highest BCUT2D eigenvalue weighted by Gasteiger charge is 2.29. The van der Waals surface area contributed by atoms with Crippen molar-refractivity contribution in [1.82, 2.24) is 4.90 Å². The molecule has 1 aliphatic carbocycles. The average molecular weight is 610 g/mol. The minimum Gasteiger partial charge on any atom is -0.378 e. The molecule has 2 heterocycles. The maximum atomic E-state index is 12.4. The summed E-state index contributed by atoms with van der Waals surface area (Å²) in [6.07, 6.45) is 3.06. The number of aryl methyl sites for hydroxylation is 1. The van der Waals surface area contributed by atoms with Crippen molar-refractivity contribution in [2.24, 2.45) is 5.73 Å². The van der Waals surface area contributed by atoms with Gasteiger partial charge in [-0.2, -0.15) is 0 Å². The van der Waals surface area contributed by atoms with Gasteiger partial charge in [-0.25, -0.2) is 0 Å². The summed E-state index contributed by atoms with van der Waals surface area (Å²) in [5.74, 6) is -0.0261. The Morgan fingerprint density at radius 3 is 2.34 bits per heavy atom. The maximum Gasteiger partial charge on any atom is 0.248 e. The molecule has 5 rings (SSSR count). The largest absolute Gasteiger partial charge is 0.378 e. The van der Waals surface area contributed by atoms with Crippen LogP contribution in [0.5, 0.6) is 0 Å². The summed E-state index contributed by atoms with van der Waals surface area (Å²) in [4.78, 5) is 19.7. The first kappa shape index (κ1) is 28.0. The lowest BCUT2D eigenvalue weighted by Gasteiger charge is -2.38. The number of amides is 1. The number of primary amides is 1. The molecule has 2 aromatic carbocycles. The van der Waals surface area contributed by atoms with Crippen LogP contribution in [-0.2, 0) is 17.6 Å². The standard InChI is InChI=1S/C27H36N4O2.2BrH/c1-19-3-8-26(31-11-9-29(2)10-12-31)25-17-20(4-6-22(19)25)24-18-21(5-7-23(24)27(28)32)30-13-15-33-16-14-30;;/h3,5,7-8,18,20H,4,6,9-17H2,1-2H3,(H2,28,32);2*1H. The summed E-state index contributed by atoms with van der Waals surface area (Å²) in [6.45, 7) is 9.82. The van der Waals surface area contributed by atoms with Gasteiger partial charge in [0, 0.05) is 56.2 Å². The van der Waals surface area contributed by atoms with Gasteiger partial charge in [0.05, 0.1) is 13.2 Å². The maximum absolute atomic E-state index is 12.4. The lowest BCUT2D eigenvalue weighted by Crippen LogP contribution is -2.45. The van der Waals surface area contributed by atoms with E-state index >= 15 is 0 Å². The van der Waals surface area contributed by atoms with Crippen LogP contribution < -0.4 is 15.5 Å². The van der Waals surface area contributed by atoms with E-state index in [0.29, 0.717) is 11.5 Å². The number of anilines is 2. The highest BCUT2D eigenvalue weighted by Crippen LogP contribution is 2.41. The van der Waals surface area contributed by atoms with E-state index in [1.54, 1.807) is 0 Å². The SMILES string of the molecule is Br.Br.Cc1ccc(N2CCN(C)CC2)c2c1CCC(c1cc(N3CCOCC3)ccc1C(N)=O)C2. The van der Waals surface area contributed by atoms with Gasteiger partial charge in [-0.05, 0) is 85.7 Å². The van der Waals surface area contributed by atoms with Gasteiger partial charge in [-0.1, -0.05) is 6.07 Å². The Balaban J connectivity index is 0.00000171.